The molecule has 1 aromatic rings. The van der Waals surface area contributed by atoms with Gasteiger partial charge in [0.15, 0.2) is 11.5 Å². The number of hydrogen-bond donors (Lipinski definition) is 1. The molecule has 4 heteroatoms. The van der Waals surface area contributed by atoms with Crippen LogP contribution in [0.1, 0.15) is 5.56 Å². The molecular formula is C10H15ClNO2+. The molecular weight excluding hydrogens is 202 g/mol. The van der Waals surface area contributed by atoms with Crippen molar-refractivity contribution in [3.8, 4) is 11.5 Å². The summed E-state index contributed by atoms with van der Waals surface area (Å²) in [6.45, 7) is 0.875. The molecule has 0 aliphatic heterocycles. The highest BCUT2D eigenvalue weighted by atomic mass is 35.5. The van der Waals surface area contributed by atoms with Crippen molar-refractivity contribution in [2.45, 2.75) is 6.54 Å². The number of quaternary nitrogens is 1. The lowest BCUT2D eigenvalue weighted by molar-refractivity contribution is -0.643. The van der Waals surface area contributed by atoms with Crippen LogP contribution in [0.5, 0.6) is 11.5 Å². The van der Waals surface area contributed by atoms with E-state index in [1.54, 1.807) is 14.2 Å². The minimum absolute atomic E-state index is 0.587. The van der Waals surface area contributed by atoms with E-state index in [0.29, 0.717) is 16.5 Å². The van der Waals surface area contributed by atoms with Gasteiger partial charge >= 0.3 is 0 Å². The average molecular weight is 217 g/mol. The van der Waals surface area contributed by atoms with Crippen LogP contribution in [-0.2, 0) is 6.54 Å². The summed E-state index contributed by atoms with van der Waals surface area (Å²) >= 11 is 6.03. The van der Waals surface area contributed by atoms with Crippen molar-refractivity contribution in [2.24, 2.45) is 0 Å². The highest BCUT2D eigenvalue weighted by Gasteiger charge is 2.10. The van der Waals surface area contributed by atoms with Crippen molar-refractivity contribution in [1.82, 2.24) is 0 Å². The molecule has 0 amide bonds. The summed E-state index contributed by atoms with van der Waals surface area (Å²) in [4.78, 5) is 0. The molecule has 1 aromatic carbocycles. The summed E-state index contributed by atoms with van der Waals surface area (Å²) < 4.78 is 10.3. The molecule has 78 valence electrons. The Hall–Kier alpha value is -0.930. The van der Waals surface area contributed by atoms with Gasteiger partial charge in [-0.15, -0.1) is 0 Å². The van der Waals surface area contributed by atoms with E-state index in [0.717, 1.165) is 12.1 Å². The van der Waals surface area contributed by atoms with Crippen molar-refractivity contribution < 1.29 is 14.8 Å². The van der Waals surface area contributed by atoms with Gasteiger partial charge in [-0.1, -0.05) is 11.6 Å². The van der Waals surface area contributed by atoms with Gasteiger partial charge < -0.3 is 14.8 Å². The monoisotopic (exact) mass is 216 g/mol. The van der Waals surface area contributed by atoms with Gasteiger partial charge in [0.2, 0.25) is 0 Å². The molecule has 0 aromatic heterocycles. The summed E-state index contributed by atoms with van der Waals surface area (Å²) in [5.41, 5.74) is 1.12. The van der Waals surface area contributed by atoms with E-state index < -0.39 is 0 Å². The topological polar surface area (TPSA) is 35.1 Å². The van der Waals surface area contributed by atoms with Crippen molar-refractivity contribution in [1.29, 1.82) is 0 Å². The number of nitrogens with two attached hydrogens (primary N) is 1. The van der Waals surface area contributed by atoms with Gasteiger partial charge in [0.1, 0.15) is 6.54 Å². The van der Waals surface area contributed by atoms with Gasteiger partial charge in [-0.25, -0.2) is 0 Å². The summed E-state index contributed by atoms with van der Waals surface area (Å²) in [6.07, 6.45) is 0. The van der Waals surface area contributed by atoms with Crippen LogP contribution in [0.4, 0.5) is 0 Å². The molecule has 3 nitrogen and oxygen atoms in total. The Labute approximate surface area is 89.0 Å². The predicted molar refractivity (Wildman–Crippen MR) is 56.1 cm³/mol. The molecule has 0 aliphatic rings. The third-order valence-electron chi connectivity index (χ3n) is 1.93. The molecule has 0 radical (unpaired) electrons. The van der Waals surface area contributed by atoms with Gasteiger partial charge in [0.05, 0.1) is 26.3 Å². The molecule has 0 atom stereocenters. The first-order valence-electron chi connectivity index (χ1n) is 4.41. The third-order valence-corrected chi connectivity index (χ3v) is 2.21. The van der Waals surface area contributed by atoms with Crippen LogP contribution < -0.4 is 14.8 Å². The molecule has 2 N–H and O–H groups in total. The minimum Gasteiger partial charge on any atom is -0.493 e. The summed E-state index contributed by atoms with van der Waals surface area (Å²) in [5, 5.41) is 2.65. The van der Waals surface area contributed by atoms with Crippen LogP contribution >= 0.6 is 11.6 Å². The fraction of sp³-hybridized carbons (Fsp3) is 0.400. The quantitative estimate of drug-likeness (QED) is 0.817. The van der Waals surface area contributed by atoms with E-state index in [4.69, 9.17) is 21.1 Å². The lowest BCUT2D eigenvalue weighted by Crippen LogP contribution is -2.77. The normalized spacial score (nSPS) is 10.0. The van der Waals surface area contributed by atoms with Crippen LogP contribution in [0.3, 0.4) is 0 Å². The van der Waals surface area contributed by atoms with Gasteiger partial charge in [-0.05, 0) is 12.1 Å². The number of methoxy groups -OCH3 is 2. The second-order valence-corrected chi connectivity index (χ2v) is 3.33. The molecule has 0 spiro atoms. The Morgan fingerprint density at radius 1 is 1.29 bits per heavy atom. The molecule has 1 rings (SSSR count). The van der Waals surface area contributed by atoms with Crippen LogP contribution in [0.25, 0.3) is 0 Å². The zero-order chi connectivity index (χ0) is 10.6. The Morgan fingerprint density at radius 2 is 2.00 bits per heavy atom. The van der Waals surface area contributed by atoms with Gasteiger partial charge in [-0.3, -0.25) is 0 Å². The first-order valence-corrected chi connectivity index (χ1v) is 4.79. The molecule has 0 fully saturated rings. The zero-order valence-corrected chi connectivity index (χ0v) is 9.39. The molecule has 0 saturated carbocycles. The van der Waals surface area contributed by atoms with E-state index in [1.807, 2.05) is 19.2 Å². The van der Waals surface area contributed by atoms with Crippen LogP contribution in [-0.4, -0.2) is 21.3 Å². The van der Waals surface area contributed by atoms with Gasteiger partial charge in [0.25, 0.3) is 0 Å². The SMILES string of the molecule is C[NH2+]Cc1cc(Cl)c(OC)c(OC)c1. The van der Waals surface area contributed by atoms with E-state index in [9.17, 15) is 0 Å². The first-order chi connectivity index (χ1) is 6.72. The molecule has 0 aliphatic carbocycles. The molecule has 14 heavy (non-hydrogen) atoms. The molecule has 0 saturated heterocycles. The maximum Gasteiger partial charge on any atom is 0.179 e. The van der Waals surface area contributed by atoms with Gasteiger partial charge in [-0.2, -0.15) is 0 Å². The predicted octanol–water partition coefficient (Wildman–Crippen LogP) is 1.05. The number of hydrogen-bond acceptors (Lipinski definition) is 2. The van der Waals surface area contributed by atoms with Crippen molar-refractivity contribution in [3.05, 3.63) is 22.7 Å². The molecule has 0 unspecified atom stereocenters. The van der Waals surface area contributed by atoms with Crippen molar-refractivity contribution in [2.75, 3.05) is 21.3 Å². The Balaban J connectivity index is 3.10. The lowest BCUT2D eigenvalue weighted by Gasteiger charge is -2.10. The largest absolute Gasteiger partial charge is 0.493 e. The fourth-order valence-corrected chi connectivity index (χ4v) is 1.64. The Morgan fingerprint density at radius 3 is 2.50 bits per heavy atom. The summed E-state index contributed by atoms with van der Waals surface area (Å²) in [6, 6.07) is 3.83. The minimum atomic E-state index is 0.587. The van der Waals surface area contributed by atoms with Crippen LogP contribution in [0, 0.1) is 0 Å². The zero-order valence-electron chi connectivity index (χ0n) is 8.63. The van der Waals surface area contributed by atoms with E-state index in [1.165, 1.54) is 0 Å². The number of rotatable bonds is 4. The standard InChI is InChI=1S/C10H14ClNO2/c1-12-6-7-4-8(11)10(14-3)9(5-7)13-2/h4-5,12H,6H2,1-3H3/p+1. The molecule has 0 heterocycles. The fourth-order valence-electron chi connectivity index (χ4n) is 1.32. The van der Waals surface area contributed by atoms with Gasteiger partial charge in [0, 0.05) is 5.56 Å². The second-order valence-electron chi connectivity index (χ2n) is 2.93. The average Bonchev–Trinajstić information content (AvgIpc) is 2.17. The van der Waals surface area contributed by atoms with E-state index in [-0.39, 0.29) is 0 Å². The van der Waals surface area contributed by atoms with Crippen LogP contribution in [0.2, 0.25) is 5.02 Å². The number of benzene rings is 1. The Bertz CT molecular complexity index is 315. The summed E-state index contributed by atoms with van der Waals surface area (Å²) in [7, 11) is 5.19. The van der Waals surface area contributed by atoms with E-state index in [2.05, 4.69) is 5.32 Å². The first kappa shape index (κ1) is 11.1. The lowest BCUT2D eigenvalue weighted by atomic mass is 10.2. The maximum atomic E-state index is 6.03. The molecule has 0 bridgehead atoms. The van der Waals surface area contributed by atoms with Crippen LogP contribution in [0.15, 0.2) is 12.1 Å². The number of halogens is 1. The van der Waals surface area contributed by atoms with Crippen molar-refractivity contribution >= 4 is 11.6 Å². The third kappa shape index (κ3) is 2.30. The highest BCUT2D eigenvalue weighted by molar-refractivity contribution is 6.32. The number of ether oxygens (including phenoxy) is 2. The smallest absolute Gasteiger partial charge is 0.179 e. The van der Waals surface area contributed by atoms with E-state index >= 15 is 0 Å². The Kier molecular flexibility index (Phi) is 4.04. The van der Waals surface area contributed by atoms with Crippen molar-refractivity contribution in [3.63, 3.8) is 0 Å². The second kappa shape index (κ2) is 5.08. The summed E-state index contributed by atoms with van der Waals surface area (Å²) in [5.74, 6) is 1.27. The highest BCUT2D eigenvalue weighted by Crippen LogP contribution is 2.35. The maximum absolute atomic E-state index is 6.03.